The molecule has 0 aliphatic carbocycles. The smallest absolute Gasteiger partial charge is 0.233 e. The molecule has 0 saturated carbocycles. The van der Waals surface area contributed by atoms with Gasteiger partial charge >= 0.3 is 0 Å². The fraction of sp³-hybridized carbons (Fsp3) is 0.235. The van der Waals surface area contributed by atoms with Crippen molar-refractivity contribution < 1.29 is 9.63 Å². The highest BCUT2D eigenvalue weighted by atomic mass is 35.5. The molecule has 0 unspecified atom stereocenters. The fourth-order valence-electron chi connectivity index (χ4n) is 2.38. The number of hydroxylamine groups is 2. The van der Waals surface area contributed by atoms with Crippen LogP contribution in [-0.4, -0.2) is 40.4 Å². The van der Waals surface area contributed by atoms with Gasteiger partial charge in [-0.3, -0.25) is 19.5 Å². The Kier molecular flexibility index (Phi) is 5.08. The number of aryl methyl sites for hydroxylation is 1. The molecule has 0 bridgehead atoms. The van der Waals surface area contributed by atoms with Crippen molar-refractivity contribution in [2.45, 2.75) is 13.5 Å². The molecule has 1 fully saturated rings. The van der Waals surface area contributed by atoms with Gasteiger partial charge in [0, 0.05) is 12.7 Å². The predicted octanol–water partition coefficient (Wildman–Crippen LogP) is 2.94. The van der Waals surface area contributed by atoms with Gasteiger partial charge in [0.15, 0.2) is 0 Å². The molecule has 1 aliphatic heterocycles. The highest BCUT2D eigenvalue weighted by molar-refractivity contribution is 6.33. The van der Waals surface area contributed by atoms with Crippen LogP contribution in [0.2, 0.25) is 5.02 Å². The Bertz CT molecular complexity index is 731. The normalized spacial score (nSPS) is 16.0. The van der Waals surface area contributed by atoms with Crippen LogP contribution in [0.25, 0.3) is 0 Å². The Hall–Kier alpha value is -2.44. The molecule has 1 saturated heterocycles. The van der Waals surface area contributed by atoms with Crippen LogP contribution >= 0.6 is 11.6 Å². The molecule has 3 rings (SSSR count). The SMILES string of the molecule is Cc1cccc(Cl)c1N=C1N(C=O)CCN1OCc1ccccn1. The van der Waals surface area contributed by atoms with Crippen molar-refractivity contribution in [1.29, 1.82) is 0 Å². The minimum Gasteiger partial charge on any atom is -0.281 e. The maximum absolute atomic E-state index is 11.3. The average molecular weight is 345 g/mol. The summed E-state index contributed by atoms with van der Waals surface area (Å²) in [6, 6.07) is 11.2. The first-order valence-corrected chi connectivity index (χ1v) is 7.93. The second-order valence-electron chi connectivity index (χ2n) is 5.31. The Labute approximate surface area is 145 Å². The number of pyridine rings is 1. The summed E-state index contributed by atoms with van der Waals surface area (Å²) in [4.78, 5) is 27.4. The first-order valence-electron chi connectivity index (χ1n) is 7.55. The van der Waals surface area contributed by atoms with Crippen molar-refractivity contribution in [2.75, 3.05) is 13.1 Å². The summed E-state index contributed by atoms with van der Waals surface area (Å²) in [5.74, 6) is 0.428. The van der Waals surface area contributed by atoms with Crippen LogP contribution in [-0.2, 0) is 16.2 Å². The van der Waals surface area contributed by atoms with Gasteiger partial charge in [-0.15, -0.1) is 0 Å². The summed E-state index contributed by atoms with van der Waals surface area (Å²) in [6.07, 6.45) is 2.46. The first kappa shape index (κ1) is 16.4. The van der Waals surface area contributed by atoms with Crippen molar-refractivity contribution in [2.24, 2.45) is 4.99 Å². The molecule has 2 heterocycles. The standard InChI is InChI=1S/C17H17ClN4O2/c1-13-5-4-7-15(18)16(13)20-17-21(12-23)9-10-22(17)24-11-14-6-2-3-8-19-14/h2-8,12H,9-11H2,1H3. The zero-order valence-electron chi connectivity index (χ0n) is 13.2. The zero-order valence-corrected chi connectivity index (χ0v) is 14.0. The van der Waals surface area contributed by atoms with Crippen molar-refractivity contribution in [3.63, 3.8) is 0 Å². The quantitative estimate of drug-likeness (QED) is 0.782. The van der Waals surface area contributed by atoms with Crippen molar-refractivity contribution in [3.8, 4) is 0 Å². The molecular weight excluding hydrogens is 328 g/mol. The molecular formula is C17H17ClN4O2. The Morgan fingerprint density at radius 3 is 2.88 bits per heavy atom. The number of aliphatic imine (C=N–C) groups is 1. The molecule has 2 aromatic rings. The van der Waals surface area contributed by atoms with E-state index in [1.165, 1.54) is 4.90 Å². The van der Waals surface area contributed by atoms with E-state index in [2.05, 4.69) is 9.98 Å². The summed E-state index contributed by atoms with van der Waals surface area (Å²) in [5.41, 5.74) is 2.36. The number of halogens is 1. The molecule has 0 atom stereocenters. The van der Waals surface area contributed by atoms with Gasteiger partial charge in [0.1, 0.15) is 6.61 Å². The Morgan fingerprint density at radius 2 is 2.17 bits per heavy atom. The number of aromatic nitrogens is 1. The third-order valence-electron chi connectivity index (χ3n) is 3.65. The minimum atomic E-state index is 0.300. The van der Waals surface area contributed by atoms with E-state index in [0.717, 1.165) is 17.7 Å². The molecule has 0 spiro atoms. The summed E-state index contributed by atoms with van der Waals surface area (Å²) in [6.45, 7) is 3.26. The number of para-hydroxylation sites is 1. The van der Waals surface area contributed by atoms with E-state index in [4.69, 9.17) is 16.4 Å². The van der Waals surface area contributed by atoms with Gasteiger partial charge < -0.3 is 0 Å². The predicted molar refractivity (Wildman–Crippen MR) is 91.8 cm³/mol. The lowest BCUT2D eigenvalue weighted by molar-refractivity contribution is -0.115. The number of rotatable bonds is 5. The van der Waals surface area contributed by atoms with E-state index in [9.17, 15) is 4.79 Å². The van der Waals surface area contributed by atoms with Crippen molar-refractivity contribution in [1.82, 2.24) is 14.9 Å². The van der Waals surface area contributed by atoms with Gasteiger partial charge in [-0.25, -0.2) is 10.1 Å². The summed E-state index contributed by atoms with van der Waals surface area (Å²) in [7, 11) is 0. The van der Waals surface area contributed by atoms with E-state index in [0.29, 0.717) is 36.4 Å². The van der Waals surface area contributed by atoms with Crippen LogP contribution in [0, 0.1) is 6.92 Å². The molecule has 1 aromatic heterocycles. The van der Waals surface area contributed by atoms with Gasteiger partial charge in [0.05, 0.1) is 22.9 Å². The van der Waals surface area contributed by atoms with Gasteiger partial charge in [-0.05, 0) is 30.7 Å². The molecule has 0 radical (unpaired) electrons. The number of hydrogen-bond acceptors (Lipinski definition) is 4. The molecule has 0 N–H and O–H groups in total. The highest BCUT2D eigenvalue weighted by Gasteiger charge is 2.28. The van der Waals surface area contributed by atoms with Gasteiger partial charge in [0.25, 0.3) is 0 Å². The van der Waals surface area contributed by atoms with Crippen LogP contribution in [0.5, 0.6) is 0 Å². The van der Waals surface area contributed by atoms with E-state index < -0.39 is 0 Å². The number of hydrogen-bond donors (Lipinski definition) is 0. The van der Waals surface area contributed by atoms with Gasteiger partial charge in [0.2, 0.25) is 12.4 Å². The monoisotopic (exact) mass is 344 g/mol. The lowest BCUT2D eigenvalue weighted by atomic mass is 10.2. The Morgan fingerprint density at radius 1 is 1.29 bits per heavy atom. The van der Waals surface area contributed by atoms with Gasteiger partial charge in [-0.1, -0.05) is 29.8 Å². The van der Waals surface area contributed by atoms with Crippen LogP contribution in [0.1, 0.15) is 11.3 Å². The van der Waals surface area contributed by atoms with E-state index >= 15 is 0 Å². The maximum Gasteiger partial charge on any atom is 0.233 e. The topological polar surface area (TPSA) is 58.0 Å². The fourth-order valence-corrected chi connectivity index (χ4v) is 2.64. The number of carbonyl (C=O) groups excluding carboxylic acids is 1. The maximum atomic E-state index is 11.3. The van der Waals surface area contributed by atoms with Crippen LogP contribution in [0.3, 0.4) is 0 Å². The number of carbonyl (C=O) groups is 1. The van der Waals surface area contributed by atoms with E-state index in [-0.39, 0.29) is 0 Å². The summed E-state index contributed by atoms with van der Waals surface area (Å²) in [5, 5.41) is 2.14. The summed E-state index contributed by atoms with van der Waals surface area (Å²) >= 11 is 6.24. The minimum absolute atomic E-state index is 0.300. The number of benzene rings is 1. The number of nitrogens with zero attached hydrogens (tertiary/aromatic N) is 4. The largest absolute Gasteiger partial charge is 0.281 e. The lowest BCUT2D eigenvalue weighted by Crippen LogP contribution is -2.32. The molecule has 1 aliphatic rings. The highest BCUT2D eigenvalue weighted by Crippen LogP contribution is 2.29. The van der Waals surface area contributed by atoms with Crippen LogP contribution < -0.4 is 0 Å². The van der Waals surface area contributed by atoms with Crippen molar-refractivity contribution >= 4 is 29.7 Å². The summed E-state index contributed by atoms with van der Waals surface area (Å²) < 4.78 is 0. The zero-order chi connectivity index (χ0) is 16.9. The van der Waals surface area contributed by atoms with Gasteiger partial charge in [-0.2, -0.15) is 0 Å². The van der Waals surface area contributed by atoms with Crippen LogP contribution in [0.4, 0.5) is 5.69 Å². The molecule has 124 valence electrons. The molecule has 1 aromatic carbocycles. The third kappa shape index (κ3) is 3.55. The number of amides is 1. The second-order valence-corrected chi connectivity index (χ2v) is 5.72. The number of guanidine groups is 1. The Balaban J connectivity index is 1.84. The van der Waals surface area contributed by atoms with E-state index in [1.807, 2.05) is 37.3 Å². The molecule has 24 heavy (non-hydrogen) atoms. The molecule has 1 amide bonds. The molecule has 6 nitrogen and oxygen atoms in total. The lowest BCUT2D eigenvalue weighted by Gasteiger charge is -2.19. The second kappa shape index (κ2) is 7.42. The third-order valence-corrected chi connectivity index (χ3v) is 3.95. The first-order chi connectivity index (χ1) is 11.7. The van der Waals surface area contributed by atoms with Crippen molar-refractivity contribution in [3.05, 3.63) is 58.9 Å². The van der Waals surface area contributed by atoms with Crippen LogP contribution in [0.15, 0.2) is 47.6 Å². The molecule has 7 heteroatoms. The van der Waals surface area contributed by atoms with E-state index in [1.54, 1.807) is 17.3 Å². The average Bonchev–Trinajstić information content (AvgIpc) is 2.99.